The second kappa shape index (κ2) is 11.8. The van der Waals surface area contributed by atoms with Gasteiger partial charge in [0.1, 0.15) is 12.7 Å². The SMILES string of the molecule is CCOC(=O)c1c(Br)c(Br)c(Br)c(Br)c1C(=O)OC(C)COC(=O)/C=C\C(=O)O. The van der Waals surface area contributed by atoms with Crippen molar-refractivity contribution in [1.82, 2.24) is 0 Å². The Balaban J connectivity index is 3.08. The molecule has 0 saturated carbocycles. The summed E-state index contributed by atoms with van der Waals surface area (Å²) in [6, 6.07) is 0. The fraction of sp³-hybridized carbons (Fsp3) is 0.294. The maximum absolute atomic E-state index is 12.7. The van der Waals surface area contributed by atoms with Crippen molar-refractivity contribution in [3.63, 3.8) is 0 Å². The third-order valence-corrected chi connectivity index (χ3v) is 7.85. The lowest BCUT2D eigenvalue weighted by Crippen LogP contribution is -2.24. The molecule has 0 heterocycles. The average molecular weight is 666 g/mol. The van der Waals surface area contributed by atoms with Gasteiger partial charge in [0.2, 0.25) is 0 Å². The van der Waals surface area contributed by atoms with E-state index in [1.54, 1.807) is 6.92 Å². The molecular weight excluding hydrogens is 652 g/mol. The van der Waals surface area contributed by atoms with Crippen molar-refractivity contribution in [3.05, 3.63) is 41.2 Å². The number of aliphatic carboxylic acids is 1. The van der Waals surface area contributed by atoms with Gasteiger partial charge in [0.25, 0.3) is 0 Å². The molecule has 1 unspecified atom stereocenters. The predicted octanol–water partition coefficient (Wildman–Crippen LogP) is 4.64. The van der Waals surface area contributed by atoms with E-state index in [1.807, 2.05) is 0 Å². The number of carboxylic acids is 1. The number of hydrogen-bond donors (Lipinski definition) is 1. The molecule has 0 bridgehead atoms. The smallest absolute Gasteiger partial charge is 0.340 e. The fourth-order valence-electron chi connectivity index (χ4n) is 1.88. The second-order valence-corrected chi connectivity index (χ2v) is 8.42. The number of rotatable bonds is 8. The molecule has 0 aliphatic rings. The van der Waals surface area contributed by atoms with E-state index in [9.17, 15) is 19.2 Å². The number of carboxylic acid groups (broad SMARTS) is 1. The fourth-order valence-corrected chi connectivity index (χ4v) is 4.32. The number of benzene rings is 1. The minimum Gasteiger partial charge on any atom is -0.478 e. The molecule has 8 nitrogen and oxygen atoms in total. The molecule has 158 valence electrons. The van der Waals surface area contributed by atoms with Gasteiger partial charge in [-0.15, -0.1) is 0 Å². The number of ether oxygens (including phenoxy) is 3. The van der Waals surface area contributed by atoms with Gasteiger partial charge >= 0.3 is 23.9 Å². The third-order valence-electron chi connectivity index (χ3n) is 3.08. The standard InChI is InChI=1S/C17H14Br4O8/c1-3-27-16(25)10-11(13(19)15(21)14(20)12(10)18)17(26)29-7(2)6-28-9(24)5-4-8(22)23/h4-5,7H,3,6H2,1-2H3,(H,22,23)/b5-4-. The molecule has 1 aromatic carbocycles. The molecule has 0 spiro atoms. The van der Waals surface area contributed by atoms with Crippen LogP contribution in [0.25, 0.3) is 0 Å². The number of carbonyl (C=O) groups is 4. The lowest BCUT2D eigenvalue weighted by molar-refractivity contribution is -0.141. The molecule has 0 amide bonds. The molecule has 0 aromatic heterocycles. The molecule has 0 saturated heterocycles. The quantitative estimate of drug-likeness (QED) is 0.140. The van der Waals surface area contributed by atoms with Crippen LogP contribution < -0.4 is 0 Å². The van der Waals surface area contributed by atoms with Gasteiger partial charge in [-0.2, -0.15) is 0 Å². The van der Waals surface area contributed by atoms with Crippen LogP contribution in [0.1, 0.15) is 34.6 Å². The minimum atomic E-state index is -1.30. The zero-order valence-electron chi connectivity index (χ0n) is 15.0. The summed E-state index contributed by atoms with van der Waals surface area (Å²) in [6.07, 6.45) is 0.473. The van der Waals surface area contributed by atoms with Crippen LogP contribution in [0.3, 0.4) is 0 Å². The first-order valence-electron chi connectivity index (χ1n) is 7.82. The van der Waals surface area contributed by atoms with Crippen LogP contribution in [0.4, 0.5) is 0 Å². The normalized spacial score (nSPS) is 11.8. The van der Waals surface area contributed by atoms with E-state index in [0.29, 0.717) is 15.0 Å². The topological polar surface area (TPSA) is 116 Å². The van der Waals surface area contributed by atoms with E-state index >= 15 is 0 Å². The second-order valence-electron chi connectivity index (χ2n) is 5.24. The van der Waals surface area contributed by atoms with Crippen LogP contribution in [0, 0.1) is 0 Å². The molecular formula is C17H14Br4O8. The Morgan fingerprint density at radius 3 is 1.90 bits per heavy atom. The Hall–Kier alpha value is -1.24. The van der Waals surface area contributed by atoms with Crippen molar-refractivity contribution >= 4 is 87.6 Å². The van der Waals surface area contributed by atoms with E-state index < -0.39 is 30.0 Å². The van der Waals surface area contributed by atoms with Crippen molar-refractivity contribution in [2.45, 2.75) is 20.0 Å². The first kappa shape index (κ1) is 25.8. The van der Waals surface area contributed by atoms with Gasteiger partial charge in [-0.3, -0.25) is 0 Å². The molecule has 12 heteroatoms. The van der Waals surface area contributed by atoms with Crippen LogP contribution in [0.5, 0.6) is 0 Å². The third kappa shape index (κ3) is 7.19. The summed E-state index contributed by atoms with van der Waals surface area (Å²) in [7, 11) is 0. The first-order chi connectivity index (χ1) is 13.5. The Bertz CT molecular complexity index is 866. The molecule has 1 rings (SSSR count). The summed E-state index contributed by atoms with van der Waals surface area (Å²) < 4.78 is 16.6. The number of hydrogen-bond acceptors (Lipinski definition) is 7. The molecule has 1 aromatic rings. The van der Waals surface area contributed by atoms with Crippen LogP contribution in [0.2, 0.25) is 0 Å². The van der Waals surface area contributed by atoms with Crippen molar-refractivity contribution in [2.24, 2.45) is 0 Å². The van der Waals surface area contributed by atoms with E-state index in [1.165, 1.54) is 6.92 Å². The summed E-state index contributed by atoms with van der Waals surface area (Å²) in [5.74, 6) is -3.81. The van der Waals surface area contributed by atoms with Crippen LogP contribution in [0.15, 0.2) is 30.0 Å². The van der Waals surface area contributed by atoms with Crippen molar-refractivity contribution in [1.29, 1.82) is 0 Å². The van der Waals surface area contributed by atoms with Gasteiger partial charge in [0, 0.05) is 30.0 Å². The summed E-state index contributed by atoms with van der Waals surface area (Å²) in [4.78, 5) is 46.9. The van der Waals surface area contributed by atoms with E-state index in [2.05, 4.69) is 63.7 Å². The number of halogens is 4. The zero-order valence-corrected chi connectivity index (χ0v) is 21.3. The Morgan fingerprint density at radius 1 is 0.897 bits per heavy atom. The maximum Gasteiger partial charge on any atom is 0.340 e. The molecule has 1 N–H and O–H groups in total. The molecule has 0 aliphatic carbocycles. The molecule has 0 radical (unpaired) electrons. The van der Waals surface area contributed by atoms with E-state index in [0.717, 1.165) is 6.08 Å². The average Bonchev–Trinajstić information content (AvgIpc) is 2.65. The first-order valence-corrected chi connectivity index (χ1v) is 11.0. The summed E-state index contributed by atoms with van der Waals surface area (Å²) in [5.41, 5.74) is -0.137. The van der Waals surface area contributed by atoms with Gasteiger partial charge in [-0.25, -0.2) is 19.2 Å². The van der Waals surface area contributed by atoms with E-state index in [-0.39, 0.29) is 33.3 Å². The lowest BCUT2D eigenvalue weighted by atomic mass is 10.1. The van der Waals surface area contributed by atoms with Crippen molar-refractivity contribution < 1.29 is 38.5 Å². The summed E-state index contributed by atoms with van der Waals surface area (Å²) >= 11 is 13.2. The van der Waals surface area contributed by atoms with Gasteiger partial charge in [-0.1, -0.05) is 0 Å². The van der Waals surface area contributed by atoms with E-state index in [4.69, 9.17) is 19.3 Å². The molecule has 0 fully saturated rings. The lowest BCUT2D eigenvalue weighted by Gasteiger charge is -2.18. The van der Waals surface area contributed by atoms with Crippen LogP contribution in [-0.4, -0.2) is 48.3 Å². The highest BCUT2D eigenvalue weighted by Gasteiger charge is 2.30. The Labute approximate surface area is 199 Å². The maximum atomic E-state index is 12.7. The zero-order chi connectivity index (χ0) is 22.3. The monoisotopic (exact) mass is 662 g/mol. The molecule has 1 atom stereocenters. The van der Waals surface area contributed by atoms with Crippen molar-refractivity contribution in [3.8, 4) is 0 Å². The van der Waals surface area contributed by atoms with Gasteiger partial charge in [0.15, 0.2) is 0 Å². The Morgan fingerprint density at radius 2 is 1.41 bits per heavy atom. The highest BCUT2D eigenvalue weighted by molar-refractivity contribution is 9.15. The van der Waals surface area contributed by atoms with Crippen LogP contribution in [-0.2, 0) is 23.8 Å². The minimum absolute atomic E-state index is 0.0487. The Kier molecular flexibility index (Phi) is 10.5. The summed E-state index contributed by atoms with van der Waals surface area (Å²) in [6.45, 7) is 2.87. The highest BCUT2D eigenvalue weighted by Crippen LogP contribution is 2.42. The summed E-state index contributed by atoms with van der Waals surface area (Å²) in [5, 5.41) is 8.47. The number of esters is 3. The van der Waals surface area contributed by atoms with Gasteiger partial charge < -0.3 is 19.3 Å². The largest absolute Gasteiger partial charge is 0.478 e. The van der Waals surface area contributed by atoms with Gasteiger partial charge in [0.05, 0.1) is 17.7 Å². The highest BCUT2D eigenvalue weighted by atomic mass is 79.9. The van der Waals surface area contributed by atoms with Crippen molar-refractivity contribution in [2.75, 3.05) is 13.2 Å². The molecule has 29 heavy (non-hydrogen) atoms. The van der Waals surface area contributed by atoms with Gasteiger partial charge in [-0.05, 0) is 77.6 Å². The number of carbonyl (C=O) groups excluding carboxylic acids is 3. The van der Waals surface area contributed by atoms with Crippen LogP contribution >= 0.6 is 63.7 Å². The predicted molar refractivity (Wildman–Crippen MR) is 116 cm³/mol. The molecule has 0 aliphatic heterocycles.